The fourth-order valence-corrected chi connectivity index (χ4v) is 2.36. The number of hydrogen-bond donors (Lipinski definition) is 3. The molecule has 1 rings (SSSR count). The van der Waals surface area contributed by atoms with Crippen molar-refractivity contribution in [2.45, 2.75) is 17.9 Å². The maximum Gasteiger partial charge on any atom is 0.328 e. The predicted molar refractivity (Wildman–Crippen MR) is 70.0 cm³/mol. The van der Waals surface area contributed by atoms with E-state index in [9.17, 15) is 13.2 Å². The Labute approximate surface area is 111 Å². The van der Waals surface area contributed by atoms with Gasteiger partial charge in [-0.3, -0.25) is 0 Å². The van der Waals surface area contributed by atoms with Crippen molar-refractivity contribution in [2.24, 2.45) is 0 Å². The molecule has 1 atom stereocenters. The number of nitrogens with one attached hydrogen (secondary N) is 1. The Morgan fingerprint density at radius 1 is 1.37 bits per heavy atom. The van der Waals surface area contributed by atoms with Gasteiger partial charge in [0.25, 0.3) is 0 Å². The number of carboxylic acid groups (broad SMARTS) is 1. The highest BCUT2D eigenvalue weighted by atomic mass is 32.2. The van der Waals surface area contributed by atoms with Crippen LogP contribution in [0.15, 0.2) is 35.2 Å². The first-order valence-electron chi connectivity index (χ1n) is 5.50. The van der Waals surface area contributed by atoms with E-state index in [4.69, 9.17) is 10.2 Å². The molecule has 3 N–H and O–H groups in total. The largest absolute Gasteiger partial charge is 0.478 e. The second kappa shape index (κ2) is 6.46. The minimum atomic E-state index is -3.65. The highest BCUT2D eigenvalue weighted by Gasteiger charge is 2.13. The van der Waals surface area contributed by atoms with Gasteiger partial charge in [0.15, 0.2) is 0 Å². The molecule has 0 saturated carbocycles. The van der Waals surface area contributed by atoms with E-state index in [1.165, 1.54) is 37.3 Å². The van der Waals surface area contributed by atoms with Gasteiger partial charge in [-0.05, 0) is 30.7 Å². The van der Waals surface area contributed by atoms with Crippen LogP contribution < -0.4 is 4.72 Å². The molecule has 0 bridgehead atoms. The molecule has 104 valence electrons. The van der Waals surface area contributed by atoms with Crippen molar-refractivity contribution in [3.8, 4) is 0 Å². The SMILES string of the molecule is C[C@@H](O)CNS(=O)(=O)c1ccc(/C=C/C(=O)O)cc1. The van der Waals surface area contributed by atoms with Gasteiger partial charge in [0, 0.05) is 12.6 Å². The van der Waals surface area contributed by atoms with Crippen LogP contribution in [0.5, 0.6) is 0 Å². The number of benzene rings is 1. The molecule has 6 nitrogen and oxygen atoms in total. The molecule has 0 unspecified atom stereocenters. The third kappa shape index (κ3) is 5.21. The number of aliphatic carboxylic acids is 1. The molecule has 0 saturated heterocycles. The summed E-state index contributed by atoms with van der Waals surface area (Å²) in [7, 11) is -3.65. The molecule has 0 aliphatic carbocycles. The van der Waals surface area contributed by atoms with E-state index in [0.29, 0.717) is 5.56 Å². The van der Waals surface area contributed by atoms with Crippen molar-refractivity contribution >= 4 is 22.1 Å². The molecule has 0 fully saturated rings. The number of aliphatic hydroxyl groups excluding tert-OH is 1. The van der Waals surface area contributed by atoms with Crippen LogP contribution in [0.1, 0.15) is 12.5 Å². The smallest absolute Gasteiger partial charge is 0.328 e. The highest BCUT2D eigenvalue weighted by molar-refractivity contribution is 7.89. The number of hydrogen-bond acceptors (Lipinski definition) is 4. The van der Waals surface area contributed by atoms with Gasteiger partial charge in [0.2, 0.25) is 10.0 Å². The van der Waals surface area contributed by atoms with Crippen LogP contribution in [0.25, 0.3) is 6.08 Å². The van der Waals surface area contributed by atoms with Crippen molar-refractivity contribution < 1.29 is 23.4 Å². The summed E-state index contributed by atoms with van der Waals surface area (Å²) in [6.07, 6.45) is 1.56. The van der Waals surface area contributed by atoms with Crippen molar-refractivity contribution in [2.75, 3.05) is 6.54 Å². The molecule has 0 amide bonds. The summed E-state index contributed by atoms with van der Waals surface area (Å²) in [5.74, 6) is -1.07. The van der Waals surface area contributed by atoms with Gasteiger partial charge in [0.1, 0.15) is 0 Å². The first-order chi connectivity index (χ1) is 8.81. The van der Waals surface area contributed by atoms with Gasteiger partial charge in [-0.25, -0.2) is 17.9 Å². The summed E-state index contributed by atoms with van der Waals surface area (Å²) >= 11 is 0. The number of carbonyl (C=O) groups is 1. The topological polar surface area (TPSA) is 104 Å². The maximum absolute atomic E-state index is 11.8. The predicted octanol–water partition coefficient (Wildman–Crippen LogP) is 0.443. The Morgan fingerprint density at radius 3 is 2.42 bits per heavy atom. The molecule has 19 heavy (non-hydrogen) atoms. The summed E-state index contributed by atoms with van der Waals surface area (Å²) in [5.41, 5.74) is 0.580. The molecule has 1 aromatic carbocycles. The third-order valence-electron chi connectivity index (χ3n) is 2.18. The van der Waals surface area contributed by atoms with E-state index >= 15 is 0 Å². The van der Waals surface area contributed by atoms with Crippen molar-refractivity contribution in [1.29, 1.82) is 0 Å². The number of aliphatic hydroxyl groups is 1. The van der Waals surface area contributed by atoms with Crippen LogP contribution in [0.4, 0.5) is 0 Å². The van der Waals surface area contributed by atoms with Crippen LogP contribution in [0.2, 0.25) is 0 Å². The summed E-state index contributed by atoms with van der Waals surface area (Å²) in [6, 6.07) is 5.73. The van der Waals surface area contributed by atoms with E-state index < -0.39 is 22.1 Å². The molecular weight excluding hydrogens is 270 g/mol. The molecule has 0 aliphatic rings. The summed E-state index contributed by atoms with van der Waals surface area (Å²) in [6.45, 7) is 1.41. The van der Waals surface area contributed by atoms with Crippen LogP contribution in [-0.2, 0) is 14.8 Å². The fraction of sp³-hybridized carbons (Fsp3) is 0.250. The Kier molecular flexibility index (Phi) is 5.22. The van der Waals surface area contributed by atoms with Gasteiger partial charge in [-0.15, -0.1) is 0 Å². The average molecular weight is 285 g/mol. The lowest BCUT2D eigenvalue weighted by Crippen LogP contribution is -2.30. The van der Waals surface area contributed by atoms with Crippen LogP contribution >= 0.6 is 0 Å². The molecule has 0 spiro atoms. The lowest BCUT2D eigenvalue weighted by Gasteiger charge is -2.08. The van der Waals surface area contributed by atoms with Crippen molar-refractivity contribution in [3.63, 3.8) is 0 Å². The van der Waals surface area contributed by atoms with Gasteiger partial charge >= 0.3 is 5.97 Å². The molecule has 7 heteroatoms. The Balaban J connectivity index is 2.83. The number of sulfonamides is 1. The molecule has 0 radical (unpaired) electrons. The molecule has 0 aromatic heterocycles. The van der Waals surface area contributed by atoms with Crippen LogP contribution in [0, 0.1) is 0 Å². The average Bonchev–Trinajstić information content (AvgIpc) is 2.34. The van der Waals surface area contributed by atoms with Gasteiger partial charge in [0.05, 0.1) is 11.0 Å². The Bertz CT molecular complexity index is 560. The molecule has 0 aliphatic heterocycles. The van der Waals surface area contributed by atoms with Crippen LogP contribution in [0.3, 0.4) is 0 Å². The van der Waals surface area contributed by atoms with Crippen LogP contribution in [-0.4, -0.2) is 37.2 Å². The van der Waals surface area contributed by atoms with Gasteiger partial charge in [-0.2, -0.15) is 0 Å². The third-order valence-corrected chi connectivity index (χ3v) is 3.62. The minimum absolute atomic E-state index is 0.0561. The first kappa shape index (κ1) is 15.4. The Morgan fingerprint density at radius 2 is 1.95 bits per heavy atom. The normalized spacial score (nSPS) is 13.6. The summed E-state index contributed by atoms with van der Waals surface area (Å²) in [5, 5.41) is 17.5. The highest BCUT2D eigenvalue weighted by Crippen LogP contribution is 2.11. The number of rotatable bonds is 6. The first-order valence-corrected chi connectivity index (χ1v) is 6.98. The second-order valence-corrected chi connectivity index (χ2v) is 5.71. The van der Waals surface area contributed by atoms with Gasteiger partial charge in [-0.1, -0.05) is 12.1 Å². The van der Waals surface area contributed by atoms with E-state index in [2.05, 4.69) is 4.72 Å². The summed E-state index contributed by atoms with van der Waals surface area (Å²) < 4.78 is 25.8. The standard InChI is InChI=1S/C12H15NO5S/c1-9(14)8-13-19(17,18)11-5-2-10(3-6-11)4-7-12(15)16/h2-7,9,13-14H,8H2,1H3,(H,15,16)/b7-4+/t9-/m1/s1. The monoisotopic (exact) mass is 285 g/mol. The minimum Gasteiger partial charge on any atom is -0.478 e. The quantitative estimate of drug-likeness (QED) is 0.658. The van der Waals surface area contributed by atoms with Gasteiger partial charge < -0.3 is 10.2 Å². The van der Waals surface area contributed by atoms with E-state index in [1.54, 1.807) is 0 Å². The lowest BCUT2D eigenvalue weighted by molar-refractivity contribution is -0.131. The van der Waals surface area contributed by atoms with E-state index in [0.717, 1.165) is 6.08 Å². The molecule has 0 heterocycles. The van der Waals surface area contributed by atoms with Crippen molar-refractivity contribution in [1.82, 2.24) is 4.72 Å². The molecule has 1 aromatic rings. The second-order valence-electron chi connectivity index (χ2n) is 3.94. The zero-order chi connectivity index (χ0) is 14.5. The lowest BCUT2D eigenvalue weighted by atomic mass is 10.2. The Hall–Kier alpha value is -1.70. The van der Waals surface area contributed by atoms with Crippen molar-refractivity contribution in [3.05, 3.63) is 35.9 Å². The number of carboxylic acids is 1. The van der Waals surface area contributed by atoms with E-state index in [1.807, 2.05) is 0 Å². The zero-order valence-corrected chi connectivity index (χ0v) is 11.1. The summed E-state index contributed by atoms with van der Waals surface area (Å²) in [4.78, 5) is 10.4. The van der Waals surface area contributed by atoms with E-state index in [-0.39, 0.29) is 11.4 Å². The fourth-order valence-electron chi connectivity index (χ4n) is 1.24. The maximum atomic E-state index is 11.8. The zero-order valence-electron chi connectivity index (χ0n) is 10.3. The molecular formula is C12H15NO5S.